The van der Waals surface area contributed by atoms with Gasteiger partial charge in [0.2, 0.25) is 10.0 Å². The Morgan fingerprint density at radius 3 is 2.41 bits per heavy atom. The number of aliphatic hydroxyl groups is 1. The number of sulfonamides is 1. The van der Waals surface area contributed by atoms with Gasteiger partial charge in [-0.1, -0.05) is 48.9 Å². The number of aryl methyl sites for hydroxylation is 1. The lowest BCUT2D eigenvalue weighted by Crippen LogP contribution is -2.50. The third-order valence-corrected chi connectivity index (χ3v) is 8.97. The molecule has 0 bridgehead atoms. The lowest BCUT2D eigenvalue weighted by molar-refractivity contribution is 0.0389. The highest BCUT2D eigenvalue weighted by Gasteiger charge is 2.36. The number of urea groups is 1. The zero-order chi connectivity index (χ0) is 29.7. The van der Waals surface area contributed by atoms with Gasteiger partial charge in [-0.05, 0) is 50.2 Å². The number of benzene rings is 3. The lowest BCUT2D eigenvalue weighted by atomic mass is 9.99. The van der Waals surface area contributed by atoms with Crippen molar-refractivity contribution >= 4 is 33.3 Å². The van der Waals surface area contributed by atoms with E-state index in [1.54, 1.807) is 78.6 Å². The summed E-state index contributed by atoms with van der Waals surface area (Å²) >= 11 is 0. The topological polar surface area (TPSA) is 128 Å². The van der Waals surface area contributed by atoms with Crippen LogP contribution in [0, 0.1) is 12.8 Å². The SMILES string of the molecule is Cc1ccc(S(=O)(=O)N(C)C[C@@H]2Oc3c(NC(=O)Nc4ccccc4)cccc3C(=O)N([C@@H](C)CO)C[C@H]2C)cc1. The number of fused-ring (bicyclic) bond motifs is 1. The summed E-state index contributed by atoms with van der Waals surface area (Å²) in [6, 6.07) is 19.3. The predicted octanol–water partition coefficient (Wildman–Crippen LogP) is 4.18. The third kappa shape index (κ3) is 6.87. The molecule has 0 fully saturated rings. The summed E-state index contributed by atoms with van der Waals surface area (Å²) in [6.45, 7) is 5.45. The fourth-order valence-electron chi connectivity index (χ4n) is 4.61. The second-order valence-electron chi connectivity index (χ2n) is 10.3. The van der Waals surface area contributed by atoms with Crippen LogP contribution < -0.4 is 15.4 Å². The first kappa shape index (κ1) is 30.0. The van der Waals surface area contributed by atoms with Crippen LogP contribution in [0.3, 0.4) is 0 Å². The molecule has 0 aromatic heterocycles. The van der Waals surface area contributed by atoms with Gasteiger partial charge in [0.1, 0.15) is 6.10 Å². The van der Waals surface area contributed by atoms with Crippen LogP contribution in [0.4, 0.5) is 16.2 Å². The van der Waals surface area contributed by atoms with Crippen molar-refractivity contribution in [3.8, 4) is 5.75 Å². The Kier molecular flexibility index (Phi) is 9.31. The molecule has 0 unspecified atom stereocenters. The van der Waals surface area contributed by atoms with E-state index in [1.807, 2.05) is 19.9 Å². The quantitative estimate of drug-likeness (QED) is 0.367. The molecule has 3 aromatic rings. The summed E-state index contributed by atoms with van der Waals surface area (Å²) in [5.74, 6) is -0.559. The van der Waals surface area contributed by atoms with Crippen LogP contribution in [0.15, 0.2) is 77.7 Å². The second-order valence-corrected chi connectivity index (χ2v) is 12.4. The molecule has 1 heterocycles. The van der Waals surface area contributed by atoms with Gasteiger partial charge in [0.25, 0.3) is 5.91 Å². The number of nitrogens with one attached hydrogen (secondary N) is 2. The Balaban J connectivity index is 1.68. The lowest BCUT2D eigenvalue weighted by Gasteiger charge is -2.38. The zero-order valence-corrected chi connectivity index (χ0v) is 24.4. The van der Waals surface area contributed by atoms with Gasteiger partial charge in [0.05, 0.1) is 35.3 Å². The monoisotopic (exact) mass is 580 g/mol. The Hall–Kier alpha value is -3.93. The maximum atomic E-state index is 13.7. The van der Waals surface area contributed by atoms with Crippen molar-refractivity contribution in [3.05, 3.63) is 83.9 Å². The minimum absolute atomic E-state index is 0.0170. The van der Waals surface area contributed by atoms with Crippen LogP contribution in [-0.4, -0.2) is 73.6 Å². The number of hydrogen-bond acceptors (Lipinski definition) is 6. The van der Waals surface area contributed by atoms with E-state index in [9.17, 15) is 23.1 Å². The first-order valence-corrected chi connectivity index (χ1v) is 14.8. The van der Waals surface area contributed by atoms with Crippen molar-refractivity contribution in [1.82, 2.24) is 9.21 Å². The molecule has 3 amide bonds. The number of amides is 3. The number of anilines is 2. The van der Waals surface area contributed by atoms with E-state index in [2.05, 4.69) is 10.6 Å². The molecule has 3 N–H and O–H groups in total. The molecule has 10 nitrogen and oxygen atoms in total. The molecule has 3 aromatic carbocycles. The number of para-hydroxylation sites is 2. The molecule has 1 aliphatic rings. The maximum absolute atomic E-state index is 13.7. The zero-order valence-electron chi connectivity index (χ0n) is 23.6. The maximum Gasteiger partial charge on any atom is 0.323 e. The summed E-state index contributed by atoms with van der Waals surface area (Å²) in [5, 5.41) is 15.4. The summed E-state index contributed by atoms with van der Waals surface area (Å²) in [7, 11) is -2.35. The Labute approximate surface area is 241 Å². The highest BCUT2D eigenvalue weighted by molar-refractivity contribution is 7.89. The van der Waals surface area contributed by atoms with Gasteiger partial charge >= 0.3 is 6.03 Å². The van der Waals surface area contributed by atoms with Crippen molar-refractivity contribution < 1.29 is 27.9 Å². The summed E-state index contributed by atoms with van der Waals surface area (Å²) in [6.07, 6.45) is -0.694. The second kappa shape index (κ2) is 12.7. The number of rotatable bonds is 8. The Morgan fingerprint density at radius 2 is 1.76 bits per heavy atom. The number of nitrogens with zero attached hydrogens (tertiary/aromatic N) is 2. The van der Waals surface area contributed by atoms with Crippen LogP contribution in [0.5, 0.6) is 5.75 Å². The molecule has 0 radical (unpaired) electrons. The number of aliphatic hydroxyl groups excluding tert-OH is 1. The van der Waals surface area contributed by atoms with Crippen molar-refractivity contribution in [2.75, 3.05) is 37.4 Å². The van der Waals surface area contributed by atoms with Gasteiger partial charge in [-0.25, -0.2) is 13.2 Å². The smallest absolute Gasteiger partial charge is 0.323 e. The number of ether oxygens (including phenoxy) is 1. The standard InChI is InChI=1S/C30H36N4O6S/c1-20-13-15-24(16-14-20)41(38,39)33(4)18-27-21(2)17-34(22(3)19-35)29(36)25-11-8-12-26(28(25)40-27)32-30(37)31-23-9-6-5-7-10-23/h5-16,21-22,27,35H,17-19H2,1-4H3,(H2,31,32,37)/t21-,22+,27+/m1/s1. The molecule has 11 heteroatoms. The molecule has 0 saturated heterocycles. The summed E-state index contributed by atoms with van der Waals surface area (Å²) < 4.78 is 34.4. The Morgan fingerprint density at radius 1 is 1.07 bits per heavy atom. The van der Waals surface area contributed by atoms with Gasteiger partial charge in [-0.15, -0.1) is 0 Å². The first-order chi connectivity index (χ1) is 19.5. The molecule has 0 aliphatic carbocycles. The normalized spacial score (nSPS) is 18.1. The predicted molar refractivity (Wildman–Crippen MR) is 158 cm³/mol. The van der Waals surface area contributed by atoms with Gasteiger partial charge in [0.15, 0.2) is 5.75 Å². The highest BCUT2D eigenvalue weighted by atomic mass is 32.2. The van der Waals surface area contributed by atoms with Gasteiger partial charge in [-0.2, -0.15) is 4.31 Å². The number of carbonyl (C=O) groups is 2. The number of hydrogen-bond donors (Lipinski definition) is 3. The molecular weight excluding hydrogens is 544 g/mol. The van der Waals surface area contributed by atoms with E-state index in [1.165, 1.54) is 11.4 Å². The van der Waals surface area contributed by atoms with Crippen LogP contribution in [0.2, 0.25) is 0 Å². The molecular formula is C30H36N4O6S. The first-order valence-electron chi connectivity index (χ1n) is 13.4. The average molecular weight is 581 g/mol. The van der Waals surface area contributed by atoms with E-state index in [4.69, 9.17) is 4.74 Å². The van der Waals surface area contributed by atoms with Crippen molar-refractivity contribution in [1.29, 1.82) is 0 Å². The minimum Gasteiger partial charge on any atom is -0.486 e. The van der Waals surface area contributed by atoms with Crippen LogP contribution in [0.25, 0.3) is 0 Å². The van der Waals surface area contributed by atoms with Gasteiger partial charge < -0.3 is 25.4 Å². The molecule has 0 spiro atoms. The Bertz CT molecular complexity index is 1480. The van der Waals surface area contributed by atoms with Crippen molar-refractivity contribution in [3.63, 3.8) is 0 Å². The number of carbonyl (C=O) groups excluding carboxylic acids is 2. The van der Waals surface area contributed by atoms with Crippen LogP contribution >= 0.6 is 0 Å². The van der Waals surface area contributed by atoms with Crippen molar-refractivity contribution in [2.45, 2.75) is 37.8 Å². The third-order valence-electron chi connectivity index (χ3n) is 7.14. The number of likely N-dealkylation sites (N-methyl/N-ethyl adjacent to an activating group) is 1. The van der Waals surface area contributed by atoms with Crippen molar-refractivity contribution in [2.24, 2.45) is 5.92 Å². The van der Waals surface area contributed by atoms with E-state index in [0.717, 1.165) is 5.56 Å². The fraction of sp³-hybridized carbons (Fsp3) is 0.333. The largest absolute Gasteiger partial charge is 0.486 e. The van der Waals surface area contributed by atoms with Gasteiger partial charge in [0, 0.05) is 25.2 Å². The fourth-order valence-corrected chi connectivity index (χ4v) is 5.79. The van der Waals surface area contributed by atoms with Crippen LogP contribution in [-0.2, 0) is 10.0 Å². The van der Waals surface area contributed by atoms with E-state index in [-0.39, 0.29) is 53.4 Å². The molecule has 41 heavy (non-hydrogen) atoms. The molecule has 4 rings (SSSR count). The molecule has 1 aliphatic heterocycles. The summed E-state index contributed by atoms with van der Waals surface area (Å²) in [5.41, 5.74) is 1.98. The van der Waals surface area contributed by atoms with E-state index in [0.29, 0.717) is 5.69 Å². The molecule has 3 atom stereocenters. The average Bonchev–Trinajstić information content (AvgIpc) is 2.95. The summed E-state index contributed by atoms with van der Waals surface area (Å²) in [4.78, 5) is 28.2. The molecule has 0 saturated carbocycles. The van der Waals surface area contributed by atoms with E-state index >= 15 is 0 Å². The highest BCUT2D eigenvalue weighted by Crippen LogP contribution is 2.35. The van der Waals surface area contributed by atoms with Gasteiger partial charge in [-0.3, -0.25) is 4.79 Å². The van der Waals surface area contributed by atoms with Crippen LogP contribution in [0.1, 0.15) is 29.8 Å². The molecule has 218 valence electrons. The van der Waals surface area contributed by atoms with E-state index < -0.39 is 28.2 Å². The minimum atomic E-state index is -3.83.